The van der Waals surface area contributed by atoms with Crippen molar-refractivity contribution in [2.45, 2.75) is 51.6 Å². The van der Waals surface area contributed by atoms with Gasteiger partial charge in [-0.15, -0.1) is 0 Å². The Kier molecular flexibility index (Phi) is 9.52. The molecule has 1 atom stereocenters. The van der Waals surface area contributed by atoms with Crippen LogP contribution < -0.4 is 0 Å². The monoisotopic (exact) mass is 218 g/mol. The number of esters is 1. The van der Waals surface area contributed by atoms with Crippen LogP contribution in [0.3, 0.4) is 0 Å². The molecule has 0 saturated heterocycles. The van der Waals surface area contributed by atoms with Crippen LogP contribution in [-0.2, 0) is 9.53 Å². The predicted octanol–water partition coefficient (Wildman–Crippen LogP) is 1.24. The summed E-state index contributed by atoms with van der Waals surface area (Å²) in [6.07, 6.45) is 3.62. The van der Waals surface area contributed by atoms with Crippen molar-refractivity contribution in [2.24, 2.45) is 0 Å². The van der Waals surface area contributed by atoms with Crippen molar-refractivity contribution in [2.75, 3.05) is 13.2 Å². The minimum atomic E-state index is -0.970. The number of ether oxygens (including phenoxy) is 1. The van der Waals surface area contributed by atoms with E-state index in [-0.39, 0.29) is 6.61 Å². The van der Waals surface area contributed by atoms with Crippen molar-refractivity contribution in [3.8, 4) is 0 Å². The van der Waals surface area contributed by atoms with Crippen LogP contribution in [0.4, 0.5) is 0 Å². The van der Waals surface area contributed by atoms with Gasteiger partial charge in [-0.3, -0.25) is 0 Å². The van der Waals surface area contributed by atoms with Crippen LogP contribution in [0.15, 0.2) is 0 Å². The van der Waals surface area contributed by atoms with Gasteiger partial charge in [0, 0.05) is 6.61 Å². The van der Waals surface area contributed by atoms with Crippen LogP contribution in [0, 0.1) is 0 Å². The van der Waals surface area contributed by atoms with E-state index in [1.54, 1.807) is 0 Å². The average molecular weight is 218 g/mol. The third-order valence-electron chi connectivity index (χ3n) is 2.15. The first-order chi connectivity index (χ1) is 7.22. The van der Waals surface area contributed by atoms with Crippen LogP contribution in [0.25, 0.3) is 0 Å². The Bertz CT molecular complexity index is 159. The number of hydrogen-bond donors (Lipinski definition) is 2. The van der Waals surface area contributed by atoms with Gasteiger partial charge in [-0.1, -0.05) is 19.8 Å². The van der Waals surface area contributed by atoms with Gasteiger partial charge in [-0.2, -0.15) is 0 Å². The maximum absolute atomic E-state index is 11.2. The lowest BCUT2D eigenvalue weighted by Gasteiger charge is -2.09. The molecule has 15 heavy (non-hydrogen) atoms. The van der Waals surface area contributed by atoms with Crippen LogP contribution >= 0.6 is 0 Å². The topological polar surface area (TPSA) is 66.8 Å². The molecule has 90 valence electrons. The molecule has 4 nitrogen and oxygen atoms in total. The molecule has 4 heteroatoms. The van der Waals surface area contributed by atoms with Crippen molar-refractivity contribution < 1.29 is 19.7 Å². The van der Waals surface area contributed by atoms with Gasteiger partial charge in [-0.25, -0.2) is 4.79 Å². The molecule has 0 spiro atoms. The highest BCUT2D eigenvalue weighted by Gasteiger charge is 2.15. The molecular weight excluding hydrogens is 196 g/mol. The molecule has 2 N–H and O–H groups in total. The highest BCUT2D eigenvalue weighted by atomic mass is 16.5. The molecule has 0 bridgehead atoms. The Morgan fingerprint density at radius 1 is 1.27 bits per heavy atom. The normalized spacial score (nSPS) is 12.5. The zero-order valence-electron chi connectivity index (χ0n) is 9.45. The van der Waals surface area contributed by atoms with Crippen molar-refractivity contribution in [3.05, 3.63) is 0 Å². The second-order valence-electron chi connectivity index (χ2n) is 3.61. The fourth-order valence-electron chi connectivity index (χ4n) is 1.17. The first kappa shape index (κ1) is 14.4. The Labute approximate surface area is 91.3 Å². The molecule has 0 heterocycles. The second-order valence-corrected chi connectivity index (χ2v) is 3.61. The van der Waals surface area contributed by atoms with Gasteiger partial charge in [0.05, 0.1) is 6.61 Å². The van der Waals surface area contributed by atoms with E-state index < -0.39 is 12.1 Å². The summed E-state index contributed by atoms with van der Waals surface area (Å²) in [5.41, 5.74) is 0. The van der Waals surface area contributed by atoms with Gasteiger partial charge < -0.3 is 14.9 Å². The Morgan fingerprint density at radius 3 is 2.60 bits per heavy atom. The standard InChI is InChI=1S/C11H22O4/c1-2-3-7-10(13)11(14)15-9-6-4-5-8-12/h10,12-13H,2-9H2,1H3. The van der Waals surface area contributed by atoms with E-state index in [0.29, 0.717) is 13.0 Å². The van der Waals surface area contributed by atoms with Gasteiger partial charge in [0.15, 0.2) is 6.10 Å². The number of rotatable bonds is 9. The zero-order chi connectivity index (χ0) is 11.5. The third kappa shape index (κ3) is 8.39. The van der Waals surface area contributed by atoms with E-state index in [1.807, 2.05) is 6.92 Å². The number of aliphatic hydroxyl groups is 2. The molecular formula is C11H22O4. The number of carbonyl (C=O) groups is 1. The quantitative estimate of drug-likeness (QED) is 0.451. The lowest BCUT2D eigenvalue weighted by Crippen LogP contribution is -2.23. The number of hydrogen-bond acceptors (Lipinski definition) is 4. The molecule has 0 saturated carbocycles. The Balaban J connectivity index is 3.38. The first-order valence-electron chi connectivity index (χ1n) is 5.68. The molecule has 0 rings (SSSR count). The molecule has 0 aliphatic carbocycles. The average Bonchev–Trinajstić information content (AvgIpc) is 2.25. The molecule has 0 aromatic rings. The number of aliphatic hydroxyl groups excluding tert-OH is 2. The lowest BCUT2D eigenvalue weighted by atomic mass is 10.2. The van der Waals surface area contributed by atoms with Crippen LogP contribution in [0.5, 0.6) is 0 Å². The number of carbonyl (C=O) groups excluding carboxylic acids is 1. The van der Waals surface area contributed by atoms with Crippen molar-refractivity contribution in [3.63, 3.8) is 0 Å². The summed E-state index contributed by atoms with van der Waals surface area (Å²) in [6, 6.07) is 0. The van der Waals surface area contributed by atoms with E-state index in [1.165, 1.54) is 0 Å². The largest absolute Gasteiger partial charge is 0.464 e. The van der Waals surface area contributed by atoms with Crippen LogP contribution in [-0.4, -0.2) is 35.5 Å². The number of unbranched alkanes of at least 4 members (excludes halogenated alkanes) is 3. The molecule has 1 unspecified atom stereocenters. The van der Waals surface area contributed by atoms with E-state index in [0.717, 1.165) is 32.1 Å². The van der Waals surface area contributed by atoms with Crippen molar-refractivity contribution in [1.29, 1.82) is 0 Å². The van der Waals surface area contributed by atoms with Gasteiger partial charge in [0.25, 0.3) is 0 Å². The molecule has 0 aliphatic rings. The van der Waals surface area contributed by atoms with E-state index in [2.05, 4.69) is 0 Å². The minimum absolute atomic E-state index is 0.174. The molecule has 0 aromatic carbocycles. The van der Waals surface area contributed by atoms with Gasteiger partial charge >= 0.3 is 5.97 Å². The summed E-state index contributed by atoms with van der Waals surface area (Å²) in [7, 11) is 0. The lowest BCUT2D eigenvalue weighted by molar-refractivity contribution is -0.154. The van der Waals surface area contributed by atoms with Gasteiger partial charge in [0.2, 0.25) is 0 Å². The Hall–Kier alpha value is -0.610. The SMILES string of the molecule is CCCCC(O)C(=O)OCCCCCO. The van der Waals surface area contributed by atoms with Gasteiger partial charge in [0.1, 0.15) is 0 Å². The minimum Gasteiger partial charge on any atom is -0.464 e. The van der Waals surface area contributed by atoms with E-state index >= 15 is 0 Å². The molecule has 0 amide bonds. The molecule has 0 fully saturated rings. The maximum atomic E-state index is 11.2. The van der Waals surface area contributed by atoms with Crippen LogP contribution in [0.2, 0.25) is 0 Å². The van der Waals surface area contributed by atoms with Crippen molar-refractivity contribution >= 4 is 5.97 Å². The zero-order valence-corrected chi connectivity index (χ0v) is 9.45. The van der Waals surface area contributed by atoms with Crippen LogP contribution in [0.1, 0.15) is 45.4 Å². The summed E-state index contributed by atoms with van der Waals surface area (Å²) >= 11 is 0. The summed E-state index contributed by atoms with van der Waals surface area (Å²) in [5.74, 6) is -0.521. The molecule has 0 aromatic heterocycles. The third-order valence-corrected chi connectivity index (χ3v) is 2.15. The maximum Gasteiger partial charge on any atom is 0.334 e. The van der Waals surface area contributed by atoms with E-state index in [4.69, 9.17) is 9.84 Å². The summed E-state index contributed by atoms with van der Waals surface area (Å²) in [5, 5.41) is 17.8. The highest BCUT2D eigenvalue weighted by molar-refractivity contribution is 5.74. The fraction of sp³-hybridized carbons (Fsp3) is 0.909. The van der Waals surface area contributed by atoms with E-state index in [9.17, 15) is 9.90 Å². The second kappa shape index (κ2) is 9.93. The summed E-state index contributed by atoms with van der Waals surface area (Å²) in [6.45, 7) is 2.52. The highest BCUT2D eigenvalue weighted by Crippen LogP contribution is 2.03. The fourth-order valence-corrected chi connectivity index (χ4v) is 1.17. The summed E-state index contributed by atoms with van der Waals surface area (Å²) in [4.78, 5) is 11.2. The first-order valence-corrected chi connectivity index (χ1v) is 5.68. The molecule has 0 aliphatic heterocycles. The summed E-state index contributed by atoms with van der Waals surface area (Å²) < 4.78 is 4.88. The van der Waals surface area contributed by atoms with Crippen molar-refractivity contribution in [1.82, 2.24) is 0 Å². The smallest absolute Gasteiger partial charge is 0.334 e. The predicted molar refractivity (Wildman–Crippen MR) is 57.4 cm³/mol. The molecule has 0 radical (unpaired) electrons. The van der Waals surface area contributed by atoms with Gasteiger partial charge in [-0.05, 0) is 25.7 Å². The Morgan fingerprint density at radius 2 is 2.00 bits per heavy atom.